The van der Waals surface area contributed by atoms with Crippen LogP contribution in [-0.4, -0.2) is 47.8 Å². The van der Waals surface area contributed by atoms with E-state index < -0.39 is 11.8 Å². The number of nitrogens with one attached hydrogen (secondary N) is 4. The smallest absolute Gasteiger partial charge is 0.224 e. The molecule has 0 spiro atoms. The zero-order chi connectivity index (χ0) is 25.3. The van der Waals surface area contributed by atoms with E-state index in [-0.39, 0.29) is 60.6 Å². The fourth-order valence-electron chi connectivity index (χ4n) is 6.71. The largest absolute Gasteiger partial charge is 0.353 e. The molecule has 2 unspecified atom stereocenters. The summed E-state index contributed by atoms with van der Waals surface area (Å²) in [5.74, 6) is -2.62. The molecular weight excluding hydrogens is 456 g/mol. The second-order valence-corrected chi connectivity index (χ2v) is 11.7. The summed E-state index contributed by atoms with van der Waals surface area (Å²) in [7, 11) is 0. The van der Waals surface area contributed by atoms with Gasteiger partial charge >= 0.3 is 0 Å². The maximum atomic E-state index is 13.6. The fourth-order valence-corrected chi connectivity index (χ4v) is 6.71. The van der Waals surface area contributed by atoms with Crippen molar-refractivity contribution < 1.29 is 19.2 Å². The molecule has 8 nitrogen and oxygen atoms in total. The molecule has 4 saturated carbocycles. The summed E-state index contributed by atoms with van der Waals surface area (Å²) in [5, 5.41) is 12.4. The summed E-state index contributed by atoms with van der Waals surface area (Å²) in [6, 6.07) is 0.465. The van der Waals surface area contributed by atoms with E-state index in [1.165, 1.54) is 0 Å². The van der Waals surface area contributed by atoms with E-state index in [4.69, 9.17) is 0 Å². The minimum absolute atomic E-state index is 0.0610. The first kappa shape index (κ1) is 26.9. The van der Waals surface area contributed by atoms with Gasteiger partial charge in [-0.25, -0.2) is 0 Å². The lowest BCUT2D eigenvalue weighted by molar-refractivity contribution is -0.140. The number of hydrogen-bond acceptors (Lipinski definition) is 4. The SMILES string of the molecule is O=C(CC(C(=O)NC1CCCC1)C(CC(=O)NC1CCCC1)C(=O)NC1CCCC1)NC1CCCC1. The molecule has 0 heterocycles. The Morgan fingerprint density at radius 1 is 0.444 bits per heavy atom. The highest BCUT2D eigenvalue weighted by atomic mass is 16.2. The highest BCUT2D eigenvalue weighted by molar-refractivity contribution is 5.94. The molecule has 4 N–H and O–H groups in total. The predicted octanol–water partition coefficient (Wildman–Crippen LogP) is 3.23. The first-order valence-electron chi connectivity index (χ1n) is 14.7. The highest BCUT2D eigenvalue weighted by Gasteiger charge is 2.39. The second-order valence-electron chi connectivity index (χ2n) is 11.7. The Labute approximate surface area is 215 Å². The van der Waals surface area contributed by atoms with Crippen LogP contribution in [0.5, 0.6) is 0 Å². The molecule has 0 aliphatic heterocycles. The first-order chi connectivity index (χ1) is 17.5. The maximum Gasteiger partial charge on any atom is 0.224 e. The van der Waals surface area contributed by atoms with E-state index in [1.54, 1.807) is 0 Å². The number of carbonyl (C=O) groups is 4. The van der Waals surface area contributed by atoms with Crippen LogP contribution < -0.4 is 21.3 Å². The Morgan fingerprint density at radius 3 is 0.972 bits per heavy atom. The van der Waals surface area contributed by atoms with Crippen LogP contribution in [0.2, 0.25) is 0 Å². The minimum atomic E-state index is -0.859. The Balaban J connectivity index is 1.49. The van der Waals surface area contributed by atoms with Gasteiger partial charge in [-0.3, -0.25) is 19.2 Å². The fraction of sp³-hybridized carbons (Fsp3) is 0.857. The minimum Gasteiger partial charge on any atom is -0.353 e. The second kappa shape index (κ2) is 13.4. The summed E-state index contributed by atoms with van der Waals surface area (Å²) < 4.78 is 0. The Kier molecular flexibility index (Phi) is 10.0. The van der Waals surface area contributed by atoms with Gasteiger partial charge in [-0.2, -0.15) is 0 Å². The summed E-state index contributed by atoms with van der Waals surface area (Å²) in [6.07, 6.45) is 16.1. The average Bonchev–Trinajstić information content (AvgIpc) is 3.65. The third-order valence-corrected chi connectivity index (χ3v) is 8.81. The normalized spacial score (nSPS) is 23.4. The molecule has 0 aromatic rings. The Bertz CT molecular complexity index is 700. The van der Waals surface area contributed by atoms with E-state index in [2.05, 4.69) is 21.3 Å². The van der Waals surface area contributed by atoms with Crippen molar-refractivity contribution in [2.24, 2.45) is 11.8 Å². The number of hydrogen-bond donors (Lipinski definition) is 4. The average molecular weight is 503 g/mol. The molecule has 4 fully saturated rings. The van der Waals surface area contributed by atoms with Gasteiger partial charge in [0.05, 0.1) is 11.8 Å². The molecule has 202 valence electrons. The van der Waals surface area contributed by atoms with Gasteiger partial charge in [-0.1, -0.05) is 51.4 Å². The van der Waals surface area contributed by atoms with Crippen LogP contribution in [0.15, 0.2) is 0 Å². The van der Waals surface area contributed by atoms with Gasteiger partial charge < -0.3 is 21.3 Å². The molecule has 4 aliphatic rings. The third-order valence-electron chi connectivity index (χ3n) is 8.81. The van der Waals surface area contributed by atoms with Crippen molar-refractivity contribution in [1.82, 2.24) is 21.3 Å². The maximum absolute atomic E-state index is 13.6. The summed E-state index contributed by atoms with van der Waals surface area (Å²) in [5.41, 5.74) is 0. The van der Waals surface area contributed by atoms with E-state index in [0.29, 0.717) is 0 Å². The van der Waals surface area contributed by atoms with Crippen LogP contribution in [0, 0.1) is 11.8 Å². The van der Waals surface area contributed by atoms with Crippen LogP contribution in [0.3, 0.4) is 0 Å². The molecule has 0 aromatic carbocycles. The van der Waals surface area contributed by atoms with Crippen molar-refractivity contribution in [2.75, 3.05) is 0 Å². The molecular formula is C28H46N4O4. The number of carbonyl (C=O) groups excluding carboxylic acids is 4. The third kappa shape index (κ3) is 7.94. The van der Waals surface area contributed by atoms with Gasteiger partial charge in [0.15, 0.2) is 0 Å². The van der Waals surface area contributed by atoms with Gasteiger partial charge in [-0.15, -0.1) is 0 Å². The van der Waals surface area contributed by atoms with E-state index >= 15 is 0 Å². The van der Waals surface area contributed by atoms with E-state index in [0.717, 1.165) is 103 Å². The molecule has 0 aromatic heterocycles. The molecule has 2 atom stereocenters. The molecule has 0 radical (unpaired) electrons. The van der Waals surface area contributed by atoms with Gasteiger partial charge in [-0.05, 0) is 51.4 Å². The number of amides is 4. The van der Waals surface area contributed by atoms with Crippen LogP contribution in [0.25, 0.3) is 0 Å². The van der Waals surface area contributed by atoms with Crippen LogP contribution in [0.4, 0.5) is 0 Å². The molecule has 4 rings (SSSR count). The lowest BCUT2D eigenvalue weighted by Crippen LogP contribution is -2.49. The monoisotopic (exact) mass is 502 g/mol. The van der Waals surface area contributed by atoms with Crippen molar-refractivity contribution in [1.29, 1.82) is 0 Å². The van der Waals surface area contributed by atoms with Crippen molar-refractivity contribution in [3.8, 4) is 0 Å². The quantitative estimate of drug-likeness (QED) is 0.347. The van der Waals surface area contributed by atoms with E-state index in [1.807, 2.05) is 0 Å². The summed E-state index contributed by atoms with van der Waals surface area (Å²) in [4.78, 5) is 53.3. The van der Waals surface area contributed by atoms with Crippen LogP contribution >= 0.6 is 0 Å². The van der Waals surface area contributed by atoms with Crippen molar-refractivity contribution >= 4 is 23.6 Å². The topological polar surface area (TPSA) is 116 Å². The summed E-state index contributed by atoms with van der Waals surface area (Å²) >= 11 is 0. The van der Waals surface area contributed by atoms with Gasteiger partial charge in [0, 0.05) is 37.0 Å². The highest BCUT2D eigenvalue weighted by Crippen LogP contribution is 2.27. The standard InChI is InChI=1S/C28H46N4O4/c33-25(29-19-9-1-2-10-19)17-23(27(35)31-21-13-5-6-14-21)24(28(36)32-22-15-7-8-16-22)18-26(34)30-20-11-3-4-12-20/h19-24H,1-18H2,(H,29,33)(H,30,34)(H,31,35)(H,32,36). The zero-order valence-corrected chi connectivity index (χ0v) is 21.8. The summed E-state index contributed by atoms with van der Waals surface area (Å²) in [6.45, 7) is 0. The van der Waals surface area contributed by atoms with Crippen LogP contribution in [0.1, 0.15) is 116 Å². The Morgan fingerprint density at radius 2 is 0.694 bits per heavy atom. The van der Waals surface area contributed by atoms with Crippen molar-refractivity contribution in [3.63, 3.8) is 0 Å². The lowest BCUT2D eigenvalue weighted by atomic mass is 9.84. The van der Waals surface area contributed by atoms with Gasteiger partial charge in [0.2, 0.25) is 23.6 Å². The van der Waals surface area contributed by atoms with Crippen LogP contribution in [-0.2, 0) is 19.2 Å². The predicted molar refractivity (Wildman–Crippen MR) is 138 cm³/mol. The lowest BCUT2D eigenvalue weighted by Gasteiger charge is -2.28. The molecule has 4 aliphatic carbocycles. The molecule has 36 heavy (non-hydrogen) atoms. The molecule has 0 bridgehead atoms. The van der Waals surface area contributed by atoms with E-state index in [9.17, 15) is 19.2 Å². The van der Waals surface area contributed by atoms with Gasteiger partial charge in [0.25, 0.3) is 0 Å². The first-order valence-corrected chi connectivity index (χ1v) is 14.7. The molecule has 4 amide bonds. The molecule has 8 heteroatoms. The Hall–Kier alpha value is -2.12. The number of rotatable bonds is 11. The van der Waals surface area contributed by atoms with Gasteiger partial charge in [0.1, 0.15) is 0 Å². The molecule has 0 saturated heterocycles. The van der Waals surface area contributed by atoms with Crippen molar-refractivity contribution in [2.45, 2.75) is 140 Å². The zero-order valence-electron chi connectivity index (χ0n) is 21.8. The van der Waals surface area contributed by atoms with Crippen molar-refractivity contribution in [3.05, 3.63) is 0 Å².